The van der Waals surface area contributed by atoms with Crippen molar-refractivity contribution in [1.82, 2.24) is 0 Å². The van der Waals surface area contributed by atoms with Crippen molar-refractivity contribution in [3.63, 3.8) is 0 Å². The summed E-state index contributed by atoms with van der Waals surface area (Å²) in [4.78, 5) is 11.1. The number of fused-ring (bicyclic) bond motifs is 3. The maximum Gasteiger partial charge on any atom is 0.490 e. The van der Waals surface area contributed by atoms with Crippen molar-refractivity contribution in [2.24, 2.45) is 0 Å². The van der Waals surface area contributed by atoms with Crippen LogP contribution in [0, 0.1) is 12.3 Å². The number of nitrogens with one attached hydrogen (secondary N) is 1. The molecule has 0 amide bonds. The SMILES string of the molecule is Cc1ccc(CC(=N)N2CC(C)c3c2ccc2c(Br)cccc32)cc1.O=C(O)C(F)(F)F. The average Bonchev–Trinajstić information content (AvgIpc) is 3.07. The molecule has 0 radical (unpaired) electrons. The van der Waals surface area contributed by atoms with E-state index in [2.05, 4.69) is 89.3 Å². The van der Waals surface area contributed by atoms with Gasteiger partial charge < -0.3 is 10.0 Å². The van der Waals surface area contributed by atoms with Gasteiger partial charge in [0.25, 0.3) is 0 Å². The van der Waals surface area contributed by atoms with Crippen LogP contribution in [0.15, 0.2) is 59.1 Å². The summed E-state index contributed by atoms with van der Waals surface area (Å²) >= 11 is 3.66. The van der Waals surface area contributed by atoms with E-state index in [1.54, 1.807) is 0 Å². The number of nitrogens with zero attached hydrogens (tertiary/aromatic N) is 1. The Morgan fingerprint density at radius 3 is 2.34 bits per heavy atom. The zero-order valence-corrected chi connectivity index (χ0v) is 19.1. The number of carboxylic acids is 1. The van der Waals surface area contributed by atoms with Gasteiger partial charge in [-0.1, -0.05) is 70.9 Å². The summed E-state index contributed by atoms with van der Waals surface area (Å²) in [7, 11) is 0. The fourth-order valence-electron chi connectivity index (χ4n) is 3.80. The molecule has 0 saturated heterocycles. The Kier molecular flexibility index (Phi) is 6.93. The first-order chi connectivity index (χ1) is 15.0. The van der Waals surface area contributed by atoms with Crippen LogP contribution < -0.4 is 4.90 Å². The van der Waals surface area contributed by atoms with E-state index < -0.39 is 12.1 Å². The highest BCUT2D eigenvalue weighted by molar-refractivity contribution is 9.10. The van der Waals surface area contributed by atoms with Crippen molar-refractivity contribution in [2.45, 2.75) is 32.4 Å². The molecule has 1 aliphatic heterocycles. The van der Waals surface area contributed by atoms with Crippen LogP contribution >= 0.6 is 15.9 Å². The van der Waals surface area contributed by atoms with Gasteiger partial charge in [-0.3, -0.25) is 5.41 Å². The van der Waals surface area contributed by atoms with Crippen LogP contribution in [0.3, 0.4) is 0 Å². The molecule has 0 bridgehead atoms. The van der Waals surface area contributed by atoms with Crippen molar-refractivity contribution in [2.75, 3.05) is 11.4 Å². The third-order valence-corrected chi connectivity index (χ3v) is 6.02. The van der Waals surface area contributed by atoms with E-state index in [1.165, 1.54) is 33.2 Å². The van der Waals surface area contributed by atoms with Gasteiger partial charge in [-0.25, -0.2) is 4.79 Å². The summed E-state index contributed by atoms with van der Waals surface area (Å²) in [5, 5.41) is 18.3. The smallest absolute Gasteiger partial charge is 0.475 e. The van der Waals surface area contributed by atoms with Crippen LogP contribution in [0.1, 0.15) is 29.5 Å². The van der Waals surface area contributed by atoms with Gasteiger partial charge >= 0.3 is 12.1 Å². The van der Waals surface area contributed by atoms with E-state index in [4.69, 9.17) is 15.3 Å². The van der Waals surface area contributed by atoms with E-state index in [9.17, 15) is 13.2 Å². The number of amidine groups is 1. The van der Waals surface area contributed by atoms with Gasteiger partial charge in [-0.15, -0.1) is 0 Å². The van der Waals surface area contributed by atoms with Gasteiger partial charge in [0.1, 0.15) is 5.84 Å². The zero-order valence-electron chi connectivity index (χ0n) is 17.5. The largest absolute Gasteiger partial charge is 0.490 e. The normalized spacial score (nSPS) is 15.2. The molecule has 1 heterocycles. The van der Waals surface area contributed by atoms with Crippen LogP contribution in [-0.4, -0.2) is 29.6 Å². The summed E-state index contributed by atoms with van der Waals surface area (Å²) in [6, 6.07) is 19.2. The predicted octanol–water partition coefficient (Wildman–Crippen LogP) is 6.69. The highest BCUT2D eigenvalue weighted by Crippen LogP contribution is 2.42. The Balaban J connectivity index is 0.000000360. The standard InChI is InChI=1S/C22H21BrN2.C2HF3O2/c1-14-6-8-16(9-7-14)12-21(24)25-13-15(2)22-18-4-3-5-19(23)17(18)10-11-20(22)25;3-2(4,5)1(6)7/h3-11,15,24H,12-13H2,1-2H3;(H,6,7). The lowest BCUT2D eigenvalue weighted by Crippen LogP contribution is -2.30. The molecule has 4 rings (SSSR count). The Morgan fingerprint density at radius 1 is 1.12 bits per heavy atom. The minimum Gasteiger partial charge on any atom is -0.475 e. The lowest BCUT2D eigenvalue weighted by atomic mass is 9.96. The molecule has 4 nitrogen and oxygen atoms in total. The molecular weight excluding hydrogens is 485 g/mol. The quantitative estimate of drug-likeness (QED) is 0.300. The topological polar surface area (TPSA) is 64.4 Å². The van der Waals surface area contributed by atoms with Crippen LogP contribution in [0.4, 0.5) is 18.9 Å². The second-order valence-corrected chi connectivity index (χ2v) is 8.61. The van der Waals surface area contributed by atoms with Gasteiger partial charge in [-0.2, -0.15) is 13.2 Å². The van der Waals surface area contributed by atoms with Crippen molar-refractivity contribution in [3.05, 3.63) is 75.8 Å². The molecule has 168 valence electrons. The number of carbonyl (C=O) groups is 1. The summed E-state index contributed by atoms with van der Waals surface area (Å²) in [6.45, 7) is 5.24. The molecule has 0 aromatic heterocycles. The highest BCUT2D eigenvalue weighted by Gasteiger charge is 2.38. The predicted molar refractivity (Wildman–Crippen MR) is 124 cm³/mol. The fourth-order valence-corrected chi connectivity index (χ4v) is 4.30. The Labute approximate surface area is 192 Å². The molecule has 1 aliphatic rings. The molecule has 0 fully saturated rings. The maximum absolute atomic E-state index is 10.6. The number of hydrogen-bond acceptors (Lipinski definition) is 2. The number of rotatable bonds is 2. The summed E-state index contributed by atoms with van der Waals surface area (Å²) < 4.78 is 32.9. The summed E-state index contributed by atoms with van der Waals surface area (Å²) in [5.41, 5.74) is 5.01. The minimum atomic E-state index is -5.08. The number of anilines is 1. The molecule has 1 atom stereocenters. The van der Waals surface area contributed by atoms with Gasteiger partial charge in [0.15, 0.2) is 0 Å². The third-order valence-electron chi connectivity index (χ3n) is 5.33. The van der Waals surface area contributed by atoms with Crippen LogP contribution in [0.25, 0.3) is 10.8 Å². The third kappa shape index (κ3) is 5.12. The number of carboxylic acid groups (broad SMARTS) is 1. The average molecular weight is 507 g/mol. The van der Waals surface area contributed by atoms with Gasteiger partial charge in [0, 0.05) is 29.0 Å². The molecule has 3 aromatic rings. The zero-order chi connectivity index (χ0) is 23.6. The fraction of sp³-hybridized carbons (Fsp3) is 0.250. The van der Waals surface area contributed by atoms with Gasteiger partial charge in [0.05, 0.1) is 0 Å². The first-order valence-electron chi connectivity index (χ1n) is 9.90. The van der Waals surface area contributed by atoms with E-state index >= 15 is 0 Å². The van der Waals surface area contributed by atoms with Crippen molar-refractivity contribution in [3.8, 4) is 0 Å². The lowest BCUT2D eigenvalue weighted by molar-refractivity contribution is -0.192. The Bertz CT molecular complexity index is 1160. The second kappa shape index (κ2) is 9.32. The van der Waals surface area contributed by atoms with E-state index in [0.29, 0.717) is 18.2 Å². The number of hydrogen-bond donors (Lipinski definition) is 2. The monoisotopic (exact) mass is 506 g/mol. The first-order valence-corrected chi connectivity index (χ1v) is 10.7. The lowest BCUT2D eigenvalue weighted by Gasteiger charge is -2.21. The molecule has 3 aromatic carbocycles. The number of aryl methyl sites for hydroxylation is 1. The molecule has 32 heavy (non-hydrogen) atoms. The van der Waals surface area contributed by atoms with E-state index in [0.717, 1.165) is 11.0 Å². The number of aliphatic carboxylic acids is 1. The highest BCUT2D eigenvalue weighted by atomic mass is 79.9. The number of halogens is 4. The van der Waals surface area contributed by atoms with Crippen LogP contribution in [0.5, 0.6) is 0 Å². The first kappa shape index (κ1) is 23.8. The van der Waals surface area contributed by atoms with Crippen molar-refractivity contribution < 1.29 is 23.1 Å². The van der Waals surface area contributed by atoms with Crippen LogP contribution in [0.2, 0.25) is 0 Å². The van der Waals surface area contributed by atoms with Gasteiger partial charge in [-0.05, 0) is 41.0 Å². The van der Waals surface area contributed by atoms with E-state index in [1.807, 2.05) is 0 Å². The number of alkyl halides is 3. The molecule has 1 unspecified atom stereocenters. The van der Waals surface area contributed by atoms with Gasteiger partial charge in [0.2, 0.25) is 0 Å². The Morgan fingerprint density at radius 2 is 1.75 bits per heavy atom. The van der Waals surface area contributed by atoms with E-state index in [-0.39, 0.29) is 0 Å². The van der Waals surface area contributed by atoms with Crippen molar-refractivity contribution in [1.29, 1.82) is 5.41 Å². The molecule has 0 saturated carbocycles. The minimum absolute atomic E-state index is 0.423. The molecular formula is C24H22BrF3N2O2. The Hall–Kier alpha value is -2.87. The summed E-state index contributed by atoms with van der Waals surface area (Å²) in [6.07, 6.45) is -4.41. The maximum atomic E-state index is 10.6. The van der Waals surface area contributed by atoms with Crippen LogP contribution in [-0.2, 0) is 11.2 Å². The van der Waals surface area contributed by atoms with Crippen molar-refractivity contribution >= 4 is 44.2 Å². The summed E-state index contributed by atoms with van der Waals surface area (Å²) in [5.74, 6) is -1.66. The second-order valence-electron chi connectivity index (χ2n) is 7.76. The molecule has 8 heteroatoms. The molecule has 0 aliphatic carbocycles. The molecule has 0 spiro atoms. The number of benzene rings is 3. The molecule has 2 N–H and O–H groups in total.